The first-order chi connectivity index (χ1) is 10.1. The number of nitrogens with zero attached hydrogens (tertiary/aromatic N) is 1. The molecule has 1 aliphatic rings. The lowest BCUT2D eigenvalue weighted by molar-refractivity contribution is -0.0729. The van der Waals surface area contributed by atoms with E-state index in [1.165, 1.54) is 5.56 Å². The molecule has 4 nitrogen and oxygen atoms in total. The molecule has 0 aliphatic carbocycles. The number of rotatable bonds is 6. The maximum atomic E-state index is 6.00. The summed E-state index contributed by atoms with van der Waals surface area (Å²) in [6, 6.07) is 4.40. The van der Waals surface area contributed by atoms with Gasteiger partial charge in [0.1, 0.15) is 6.10 Å². The molecule has 1 aromatic rings. The average molecular weight is 292 g/mol. The smallest absolute Gasteiger partial charge is 0.213 e. The molecule has 0 amide bonds. The van der Waals surface area contributed by atoms with Crippen LogP contribution in [0.4, 0.5) is 0 Å². The fourth-order valence-electron chi connectivity index (χ4n) is 2.81. The van der Waals surface area contributed by atoms with Crippen molar-refractivity contribution in [3.05, 3.63) is 23.9 Å². The Morgan fingerprint density at radius 3 is 2.62 bits per heavy atom. The zero-order valence-corrected chi connectivity index (χ0v) is 13.6. The van der Waals surface area contributed by atoms with Gasteiger partial charge in [0.05, 0.1) is 12.2 Å². The van der Waals surface area contributed by atoms with Crippen molar-refractivity contribution in [1.29, 1.82) is 0 Å². The van der Waals surface area contributed by atoms with Crippen LogP contribution in [0.3, 0.4) is 0 Å². The average Bonchev–Trinajstić information content (AvgIpc) is 2.44. The second kappa shape index (κ2) is 7.76. The molecule has 1 fully saturated rings. The zero-order chi connectivity index (χ0) is 15.2. The van der Waals surface area contributed by atoms with E-state index in [0.29, 0.717) is 11.9 Å². The molecular weight excluding hydrogens is 264 g/mol. The summed E-state index contributed by atoms with van der Waals surface area (Å²) in [5.41, 5.74) is 1.20. The molecule has 1 N–H and O–H groups in total. The predicted molar refractivity (Wildman–Crippen MR) is 84.6 cm³/mol. The maximum Gasteiger partial charge on any atom is 0.213 e. The first kappa shape index (κ1) is 16.2. The molecule has 1 aliphatic heterocycles. The summed E-state index contributed by atoms with van der Waals surface area (Å²) in [5.74, 6) is 0.716. The second-order valence-electron chi connectivity index (χ2n) is 6.07. The summed E-state index contributed by atoms with van der Waals surface area (Å²) in [4.78, 5) is 4.45. The van der Waals surface area contributed by atoms with Crippen molar-refractivity contribution < 1.29 is 9.47 Å². The third-order valence-corrected chi connectivity index (χ3v) is 3.90. The Morgan fingerprint density at radius 2 is 2.05 bits per heavy atom. The fourth-order valence-corrected chi connectivity index (χ4v) is 2.81. The molecule has 1 saturated heterocycles. The quantitative estimate of drug-likeness (QED) is 0.872. The van der Waals surface area contributed by atoms with Crippen molar-refractivity contribution in [3.63, 3.8) is 0 Å². The summed E-state index contributed by atoms with van der Waals surface area (Å²) in [6.45, 7) is 9.56. The van der Waals surface area contributed by atoms with Crippen LogP contribution in [-0.4, -0.2) is 29.8 Å². The molecule has 3 unspecified atom stereocenters. The number of pyridine rings is 1. The Kier molecular flexibility index (Phi) is 6.00. The fraction of sp³-hybridized carbons (Fsp3) is 0.706. The van der Waals surface area contributed by atoms with E-state index < -0.39 is 0 Å². The van der Waals surface area contributed by atoms with Gasteiger partial charge < -0.3 is 14.8 Å². The monoisotopic (exact) mass is 292 g/mol. The lowest BCUT2D eigenvalue weighted by Gasteiger charge is -2.31. The van der Waals surface area contributed by atoms with Gasteiger partial charge in [-0.05, 0) is 39.3 Å². The van der Waals surface area contributed by atoms with Crippen LogP contribution < -0.4 is 10.1 Å². The van der Waals surface area contributed by atoms with E-state index in [9.17, 15) is 0 Å². The van der Waals surface area contributed by atoms with Gasteiger partial charge in [-0.3, -0.25) is 0 Å². The first-order valence-corrected chi connectivity index (χ1v) is 8.10. The number of hydrogen-bond donors (Lipinski definition) is 1. The zero-order valence-electron chi connectivity index (χ0n) is 13.6. The van der Waals surface area contributed by atoms with Crippen LogP contribution in [-0.2, 0) is 4.74 Å². The van der Waals surface area contributed by atoms with Gasteiger partial charge in [-0.25, -0.2) is 4.98 Å². The van der Waals surface area contributed by atoms with E-state index >= 15 is 0 Å². The third kappa shape index (κ3) is 4.97. The van der Waals surface area contributed by atoms with Crippen molar-refractivity contribution in [1.82, 2.24) is 10.3 Å². The second-order valence-corrected chi connectivity index (χ2v) is 6.07. The Balaban J connectivity index is 1.90. The van der Waals surface area contributed by atoms with Gasteiger partial charge in [-0.15, -0.1) is 0 Å². The maximum absolute atomic E-state index is 6.00. The highest BCUT2D eigenvalue weighted by Crippen LogP contribution is 2.23. The van der Waals surface area contributed by atoms with E-state index in [1.54, 1.807) is 0 Å². The molecular formula is C17H28N2O2. The highest BCUT2D eigenvalue weighted by Gasteiger charge is 2.26. The van der Waals surface area contributed by atoms with E-state index in [4.69, 9.17) is 9.47 Å². The summed E-state index contributed by atoms with van der Waals surface area (Å²) >= 11 is 0. The standard InChI is InChI=1S/C17H28N2O2/c1-5-8-18-14(4)15-6-7-17(19-11-15)21-16-9-12(2)20-13(3)10-16/h6-7,11-14,16,18H,5,8-10H2,1-4H3. The SMILES string of the molecule is CCCNC(C)c1ccc(OC2CC(C)OC(C)C2)nc1. The molecule has 3 atom stereocenters. The molecule has 4 heteroatoms. The molecule has 0 saturated carbocycles. The summed E-state index contributed by atoms with van der Waals surface area (Å²) in [7, 11) is 0. The van der Waals surface area contributed by atoms with E-state index in [2.05, 4.69) is 44.1 Å². The third-order valence-electron chi connectivity index (χ3n) is 3.90. The first-order valence-electron chi connectivity index (χ1n) is 8.10. The number of hydrogen-bond acceptors (Lipinski definition) is 4. The van der Waals surface area contributed by atoms with Crippen LogP contribution in [0.15, 0.2) is 18.3 Å². The minimum Gasteiger partial charge on any atom is -0.474 e. The molecule has 118 valence electrons. The van der Waals surface area contributed by atoms with Crippen molar-refractivity contribution in [2.45, 2.75) is 71.3 Å². The summed E-state index contributed by atoms with van der Waals surface area (Å²) in [6.07, 6.45) is 5.64. The van der Waals surface area contributed by atoms with Crippen molar-refractivity contribution in [2.75, 3.05) is 6.54 Å². The topological polar surface area (TPSA) is 43.4 Å². The summed E-state index contributed by atoms with van der Waals surface area (Å²) in [5, 5.41) is 3.46. The molecule has 1 aromatic heterocycles. The Morgan fingerprint density at radius 1 is 1.33 bits per heavy atom. The van der Waals surface area contributed by atoms with Crippen molar-refractivity contribution in [2.24, 2.45) is 0 Å². The number of ether oxygens (including phenoxy) is 2. The molecule has 21 heavy (non-hydrogen) atoms. The van der Waals surface area contributed by atoms with Gasteiger partial charge in [0.2, 0.25) is 5.88 Å². The van der Waals surface area contributed by atoms with Gasteiger partial charge >= 0.3 is 0 Å². The predicted octanol–water partition coefficient (Wildman–Crippen LogP) is 3.48. The van der Waals surface area contributed by atoms with Crippen LogP contribution in [0.1, 0.15) is 58.6 Å². The largest absolute Gasteiger partial charge is 0.474 e. The van der Waals surface area contributed by atoms with Crippen LogP contribution >= 0.6 is 0 Å². The van der Waals surface area contributed by atoms with Gasteiger partial charge in [-0.1, -0.05) is 13.0 Å². The van der Waals surface area contributed by atoms with Crippen molar-refractivity contribution >= 4 is 0 Å². The molecule has 0 spiro atoms. The molecule has 0 aromatic carbocycles. The highest BCUT2D eigenvalue weighted by atomic mass is 16.5. The lowest BCUT2D eigenvalue weighted by Crippen LogP contribution is -2.35. The van der Waals surface area contributed by atoms with Gasteiger partial charge in [0.25, 0.3) is 0 Å². The minimum absolute atomic E-state index is 0.206. The van der Waals surface area contributed by atoms with Gasteiger partial charge in [-0.2, -0.15) is 0 Å². The van der Waals surface area contributed by atoms with Crippen LogP contribution in [0, 0.1) is 0 Å². The molecule has 2 rings (SSSR count). The minimum atomic E-state index is 0.206. The van der Waals surface area contributed by atoms with Gasteiger partial charge in [0, 0.05) is 31.1 Å². The normalized spacial score (nSPS) is 27.3. The highest BCUT2D eigenvalue weighted by molar-refractivity contribution is 5.20. The molecule has 2 heterocycles. The number of nitrogens with one attached hydrogen (secondary N) is 1. The Bertz CT molecular complexity index is 411. The van der Waals surface area contributed by atoms with Gasteiger partial charge in [0.15, 0.2) is 0 Å². The van der Waals surface area contributed by atoms with E-state index in [-0.39, 0.29) is 18.3 Å². The van der Waals surface area contributed by atoms with Crippen LogP contribution in [0.2, 0.25) is 0 Å². The Hall–Kier alpha value is -1.13. The van der Waals surface area contributed by atoms with Crippen molar-refractivity contribution in [3.8, 4) is 5.88 Å². The summed E-state index contributed by atoms with van der Waals surface area (Å²) < 4.78 is 11.7. The van der Waals surface area contributed by atoms with Crippen LogP contribution in [0.25, 0.3) is 0 Å². The number of aromatic nitrogens is 1. The molecule has 0 bridgehead atoms. The molecule has 0 radical (unpaired) electrons. The van der Waals surface area contributed by atoms with Crippen LogP contribution in [0.5, 0.6) is 5.88 Å². The van der Waals surface area contributed by atoms with E-state index in [1.807, 2.05) is 12.3 Å². The lowest BCUT2D eigenvalue weighted by atomic mass is 10.0. The Labute approximate surface area is 128 Å². The van der Waals surface area contributed by atoms with E-state index in [0.717, 1.165) is 25.8 Å².